The van der Waals surface area contributed by atoms with Gasteiger partial charge in [-0.3, -0.25) is 0 Å². The second-order valence-corrected chi connectivity index (χ2v) is 22.5. The number of anilines is 3. The Bertz CT molecular complexity index is 2890. The molecule has 0 bridgehead atoms. The largest absolute Gasteiger partial charge is 0.404 e. The number of pyridine rings is 2. The van der Waals surface area contributed by atoms with Gasteiger partial charge < -0.3 is 9.30 Å². The van der Waals surface area contributed by atoms with Gasteiger partial charge in [0.15, 0.2) is 11.4 Å². The molecule has 1 atom stereocenters. The lowest BCUT2D eigenvalue weighted by Crippen LogP contribution is -2.76. The molecule has 0 amide bonds. The summed E-state index contributed by atoms with van der Waals surface area (Å²) in [6.45, 7) is 17.1. The summed E-state index contributed by atoms with van der Waals surface area (Å²) in [4.78, 5) is 2.69. The summed E-state index contributed by atoms with van der Waals surface area (Å²) >= 11 is 0. The molecular weight excluding hydrogens is 629 g/mol. The number of para-hydroxylation sites is 2. The van der Waals surface area contributed by atoms with Crippen molar-refractivity contribution in [2.45, 2.75) is 63.8 Å². The van der Waals surface area contributed by atoms with Crippen molar-refractivity contribution in [3.8, 4) is 28.7 Å². The first kappa shape index (κ1) is 26.6. The van der Waals surface area contributed by atoms with Gasteiger partial charge in [0.1, 0.15) is 16.8 Å². The third kappa shape index (κ3) is 2.39. The van der Waals surface area contributed by atoms with E-state index in [0.29, 0.717) is 0 Å². The van der Waals surface area contributed by atoms with Crippen molar-refractivity contribution in [3.05, 3.63) is 124 Å². The Hall–Kier alpha value is -5.20. The minimum absolute atomic E-state index is 0.201. The fourth-order valence-corrected chi connectivity index (χ4v) is 12.3. The molecule has 240 valence electrons. The zero-order chi connectivity index (χ0) is 33.6. The standard InChI is InChI=1S/C44H36N4OSi/c1-42(2)26-12-10-13-27-39(26)46-40-28(42)16-19-32-36(40)44-37-34(20-15-25-24-11-8-9-14-30(24)45(32)38(25)37)49-35-22-23(50(5,6)7)21-33(47(35)44)31-18-17-29(43(27,3)4)41(46)48(31)44/h8-22H,1-7H3/q+2. The zero-order valence-corrected chi connectivity index (χ0v) is 30.4. The molecule has 13 rings (SSSR count). The van der Waals surface area contributed by atoms with Crippen molar-refractivity contribution >= 4 is 52.3 Å². The number of ether oxygens (including phenoxy) is 1. The predicted molar refractivity (Wildman–Crippen MR) is 200 cm³/mol. The number of hydrogen-bond acceptors (Lipinski definition) is 2. The van der Waals surface area contributed by atoms with E-state index in [1.807, 2.05) is 0 Å². The van der Waals surface area contributed by atoms with Crippen LogP contribution in [0.25, 0.3) is 38.9 Å². The normalized spacial score (nSPS) is 20.4. The fourth-order valence-electron chi connectivity index (χ4n) is 11.1. The van der Waals surface area contributed by atoms with Crippen LogP contribution in [-0.4, -0.2) is 12.6 Å². The predicted octanol–water partition coefficient (Wildman–Crippen LogP) is 8.66. The van der Waals surface area contributed by atoms with Crippen LogP contribution in [0, 0.1) is 0 Å². The van der Waals surface area contributed by atoms with Crippen molar-refractivity contribution in [2.24, 2.45) is 0 Å². The topological polar surface area (TPSA) is 25.2 Å². The maximum atomic E-state index is 7.19. The summed E-state index contributed by atoms with van der Waals surface area (Å²) in [6, 6.07) is 35.2. The highest BCUT2D eigenvalue weighted by molar-refractivity contribution is 6.88. The lowest BCUT2D eigenvalue weighted by atomic mass is 9.64. The molecule has 9 heterocycles. The number of nitrogens with zero attached hydrogens (tertiary/aromatic N) is 4. The first-order chi connectivity index (χ1) is 24.0. The van der Waals surface area contributed by atoms with Crippen molar-refractivity contribution < 1.29 is 13.9 Å². The van der Waals surface area contributed by atoms with E-state index in [2.05, 4.69) is 157 Å². The van der Waals surface area contributed by atoms with Gasteiger partial charge in [-0.25, -0.2) is 0 Å². The van der Waals surface area contributed by atoms with Crippen molar-refractivity contribution in [1.29, 1.82) is 0 Å². The fraction of sp³-hybridized carbons (Fsp3) is 0.227. The lowest BCUT2D eigenvalue weighted by molar-refractivity contribution is -0.936. The van der Waals surface area contributed by atoms with Crippen LogP contribution in [0.2, 0.25) is 19.6 Å². The molecule has 0 fully saturated rings. The van der Waals surface area contributed by atoms with E-state index in [1.165, 1.54) is 94.6 Å². The lowest BCUT2D eigenvalue weighted by Gasteiger charge is -2.49. The van der Waals surface area contributed by atoms with Gasteiger partial charge in [-0.15, -0.1) is 9.13 Å². The van der Waals surface area contributed by atoms with E-state index in [1.54, 1.807) is 0 Å². The maximum Gasteiger partial charge on any atom is 0.378 e. The van der Waals surface area contributed by atoms with Gasteiger partial charge in [0.05, 0.1) is 36.4 Å². The maximum absolute atomic E-state index is 7.19. The monoisotopic (exact) mass is 664 g/mol. The molecule has 0 N–H and O–H groups in total. The minimum Gasteiger partial charge on any atom is -0.404 e. The number of hydrogen-bond donors (Lipinski definition) is 0. The smallest absolute Gasteiger partial charge is 0.378 e. The Morgan fingerprint density at radius 1 is 0.640 bits per heavy atom. The van der Waals surface area contributed by atoms with Gasteiger partial charge in [0.2, 0.25) is 5.69 Å². The first-order valence-electron chi connectivity index (χ1n) is 18.0. The molecule has 0 aliphatic carbocycles. The van der Waals surface area contributed by atoms with Crippen LogP contribution in [-0.2, 0) is 16.5 Å². The second kappa shape index (κ2) is 7.45. The summed E-state index contributed by atoms with van der Waals surface area (Å²) in [6.07, 6.45) is 0. The Morgan fingerprint density at radius 2 is 1.38 bits per heavy atom. The third-order valence-corrected chi connectivity index (χ3v) is 15.4. The van der Waals surface area contributed by atoms with Gasteiger partial charge in [-0.2, -0.15) is 4.90 Å². The third-order valence-electron chi connectivity index (χ3n) is 13.4. The number of aromatic nitrogens is 3. The van der Waals surface area contributed by atoms with Crippen molar-refractivity contribution in [2.75, 3.05) is 4.90 Å². The Kier molecular flexibility index (Phi) is 3.97. The molecule has 3 aromatic heterocycles. The highest BCUT2D eigenvalue weighted by Gasteiger charge is 2.74. The van der Waals surface area contributed by atoms with Gasteiger partial charge in [0, 0.05) is 44.4 Å². The van der Waals surface area contributed by atoms with E-state index in [0.717, 1.165) is 11.6 Å². The second-order valence-electron chi connectivity index (χ2n) is 17.4. The molecule has 5 nitrogen and oxygen atoms in total. The Morgan fingerprint density at radius 3 is 2.18 bits per heavy atom. The SMILES string of the molecule is CC1(C)c2cccc3c2N2c4c1ccc1c4C45c6c(ccc7c8ccccc8n-1c67)Oc1cc([Si](C)(C)C)cc([n+]14)-c1ccc(c2[n+]15)C3(C)C. The van der Waals surface area contributed by atoms with Crippen molar-refractivity contribution in [1.82, 2.24) is 4.57 Å². The van der Waals surface area contributed by atoms with Crippen LogP contribution in [0.1, 0.15) is 61.1 Å². The summed E-state index contributed by atoms with van der Waals surface area (Å²) in [7, 11) is -1.72. The van der Waals surface area contributed by atoms with Crippen LogP contribution in [0.15, 0.2) is 91.0 Å². The molecule has 50 heavy (non-hydrogen) atoms. The highest BCUT2D eigenvalue weighted by Crippen LogP contribution is 2.67. The molecule has 0 saturated heterocycles. The number of fused-ring (bicyclic) bond motifs is 5. The molecule has 6 heteroatoms. The molecule has 7 aromatic rings. The molecule has 0 radical (unpaired) electrons. The summed E-state index contributed by atoms with van der Waals surface area (Å²) in [5, 5.41) is 3.97. The Balaban J connectivity index is 1.37. The van der Waals surface area contributed by atoms with Gasteiger partial charge in [-0.1, -0.05) is 89.8 Å². The Labute approximate surface area is 291 Å². The first-order valence-corrected chi connectivity index (χ1v) is 21.5. The van der Waals surface area contributed by atoms with E-state index >= 15 is 0 Å². The quantitative estimate of drug-likeness (QED) is 0.130. The van der Waals surface area contributed by atoms with Gasteiger partial charge in [0.25, 0.3) is 11.5 Å². The van der Waals surface area contributed by atoms with Crippen LogP contribution in [0.3, 0.4) is 0 Å². The van der Waals surface area contributed by atoms with Crippen LogP contribution < -0.4 is 24.0 Å². The van der Waals surface area contributed by atoms with Gasteiger partial charge >= 0.3 is 11.5 Å². The molecular formula is C44H36N4OSi+2. The highest BCUT2D eigenvalue weighted by atomic mass is 28.3. The number of rotatable bonds is 1. The molecule has 1 spiro atoms. The molecule has 0 saturated carbocycles. The van der Waals surface area contributed by atoms with Crippen LogP contribution in [0.5, 0.6) is 11.6 Å². The summed E-state index contributed by atoms with van der Waals surface area (Å²) in [5.74, 6) is 3.20. The molecule has 1 unspecified atom stereocenters. The summed E-state index contributed by atoms with van der Waals surface area (Å²) < 4.78 is 15.1. The van der Waals surface area contributed by atoms with E-state index in [9.17, 15) is 0 Å². The van der Waals surface area contributed by atoms with E-state index < -0.39 is 13.7 Å². The van der Waals surface area contributed by atoms with E-state index in [-0.39, 0.29) is 10.8 Å². The molecule has 6 aliphatic heterocycles. The van der Waals surface area contributed by atoms with Crippen LogP contribution in [0.4, 0.5) is 17.2 Å². The summed E-state index contributed by atoms with van der Waals surface area (Å²) in [5.41, 5.74) is 16.1. The van der Waals surface area contributed by atoms with Crippen LogP contribution >= 0.6 is 0 Å². The van der Waals surface area contributed by atoms with Crippen molar-refractivity contribution in [3.63, 3.8) is 0 Å². The van der Waals surface area contributed by atoms with Gasteiger partial charge in [-0.05, 0) is 41.6 Å². The zero-order valence-electron chi connectivity index (χ0n) is 29.4. The minimum atomic E-state index is -1.72. The molecule has 6 aliphatic rings. The van der Waals surface area contributed by atoms with E-state index in [4.69, 9.17) is 4.74 Å². The number of benzene rings is 4. The average Bonchev–Trinajstić information content (AvgIpc) is 3.59. The average molecular weight is 665 g/mol. The molecule has 4 aromatic carbocycles.